The van der Waals surface area contributed by atoms with Gasteiger partial charge in [-0.25, -0.2) is 0 Å². The Morgan fingerprint density at radius 1 is 1.35 bits per heavy atom. The summed E-state index contributed by atoms with van der Waals surface area (Å²) in [5.74, 6) is -1.35. The standard InChI is InChI=1S/C15H16F3NO3S/c1-10-4-5-12(22-10)14(21,15(16,17)18)9-13(20)19-7-6-11-3-2-8-23-11/h2-5,8,21H,6-7,9H2,1H3,(H,19,20). The summed E-state index contributed by atoms with van der Waals surface area (Å²) < 4.78 is 44.5. The van der Waals surface area contributed by atoms with Crippen LogP contribution >= 0.6 is 11.3 Å². The van der Waals surface area contributed by atoms with Gasteiger partial charge in [0.25, 0.3) is 0 Å². The first-order valence-electron chi connectivity index (χ1n) is 6.87. The van der Waals surface area contributed by atoms with Crippen molar-refractivity contribution in [2.45, 2.75) is 31.5 Å². The van der Waals surface area contributed by atoms with Crippen LogP contribution in [0.2, 0.25) is 0 Å². The number of thiophene rings is 1. The molecule has 4 nitrogen and oxygen atoms in total. The number of carbonyl (C=O) groups excluding carboxylic acids is 1. The first-order chi connectivity index (χ1) is 10.7. The van der Waals surface area contributed by atoms with Gasteiger partial charge in [-0.15, -0.1) is 11.3 Å². The van der Waals surface area contributed by atoms with Gasteiger partial charge in [0, 0.05) is 11.4 Å². The summed E-state index contributed by atoms with van der Waals surface area (Å²) in [5.41, 5.74) is -3.34. The molecule has 0 spiro atoms. The summed E-state index contributed by atoms with van der Waals surface area (Å²) in [5, 5.41) is 14.3. The van der Waals surface area contributed by atoms with E-state index in [4.69, 9.17) is 4.42 Å². The minimum atomic E-state index is -5.03. The van der Waals surface area contributed by atoms with Crippen LogP contribution in [0.15, 0.2) is 34.1 Å². The van der Waals surface area contributed by atoms with E-state index in [0.29, 0.717) is 6.42 Å². The summed E-state index contributed by atoms with van der Waals surface area (Å²) in [6, 6.07) is 6.06. The average Bonchev–Trinajstić information content (AvgIpc) is 3.09. The number of rotatable bonds is 6. The van der Waals surface area contributed by atoms with E-state index in [0.717, 1.165) is 10.9 Å². The van der Waals surface area contributed by atoms with E-state index in [9.17, 15) is 23.1 Å². The summed E-state index contributed by atoms with van der Waals surface area (Å²) in [6.45, 7) is 1.66. The zero-order valence-corrected chi connectivity index (χ0v) is 13.1. The maximum absolute atomic E-state index is 13.2. The zero-order valence-electron chi connectivity index (χ0n) is 12.3. The molecule has 2 rings (SSSR count). The number of halogens is 3. The quantitative estimate of drug-likeness (QED) is 0.844. The van der Waals surface area contributed by atoms with Crippen molar-refractivity contribution in [2.24, 2.45) is 0 Å². The lowest BCUT2D eigenvalue weighted by Gasteiger charge is -2.27. The second-order valence-electron chi connectivity index (χ2n) is 5.12. The highest BCUT2D eigenvalue weighted by Crippen LogP contribution is 2.42. The number of nitrogens with one attached hydrogen (secondary N) is 1. The molecule has 1 unspecified atom stereocenters. The van der Waals surface area contributed by atoms with Crippen molar-refractivity contribution in [1.29, 1.82) is 0 Å². The van der Waals surface area contributed by atoms with Crippen LogP contribution in [0, 0.1) is 6.92 Å². The van der Waals surface area contributed by atoms with Crippen LogP contribution < -0.4 is 5.32 Å². The highest BCUT2D eigenvalue weighted by Gasteiger charge is 2.58. The molecule has 0 saturated heterocycles. The van der Waals surface area contributed by atoms with Crippen LogP contribution in [0.3, 0.4) is 0 Å². The Labute approximate surface area is 134 Å². The predicted octanol–water partition coefficient (Wildman–Crippen LogP) is 3.15. The molecule has 2 aromatic rings. The minimum absolute atomic E-state index is 0.199. The van der Waals surface area contributed by atoms with E-state index in [1.807, 2.05) is 17.5 Å². The summed E-state index contributed by atoms with van der Waals surface area (Å²) in [4.78, 5) is 12.8. The third-order valence-electron chi connectivity index (χ3n) is 3.31. The molecule has 2 aromatic heterocycles. The number of furan rings is 1. The maximum atomic E-state index is 13.2. The first-order valence-corrected chi connectivity index (χ1v) is 7.75. The third-order valence-corrected chi connectivity index (χ3v) is 4.24. The molecule has 1 atom stereocenters. The van der Waals surface area contributed by atoms with Gasteiger partial charge >= 0.3 is 6.18 Å². The predicted molar refractivity (Wildman–Crippen MR) is 79.0 cm³/mol. The molecule has 2 heterocycles. The first kappa shape index (κ1) is 17.6. The number of hydrogen-bond acceptors (Lipinski definition) is 4. The fraction of sp³-hybridized carbons (Fsp3) is 0.400. The van der Waals surface area contributed by atoms with E-state index in [2.05, 4.69) is 5.32 Å². The number of carbonyl (C=O) groups is 1. The second-order valence-corrected chi connectivity index (χ2v) is 6.16. The van der Waals surface area contributed by atoms with Crippen molar-refractivity contribution in [2.75, 3.05) is 6.54 Å². The van der Waals surface area contributed by atoms with Crippen LogP contribution in [0.25, 0.3) is 0 Å². The Balaban J connectivity index is 2.01. The lowest BCUT2D eigenvalue weighted by Crippen LogP contribution is -2.46. The number of aryl methyl sites for hydroxylation is 1. The molecule has 8 heteroatoms. The Hall–Kier alpha value is -1.80. The number of amides is 1. The van der Waals surface area contributed by atoms with Gasteiger partial charge in [0.2, 0.25) is 11.5 Å². The molecule has 0 aliphatic rings. The van der Waals surface area contributed by atoms with Crippen molar-refractivity contribution >= 4 is 17.2 Å². The van der Waals surface area contributed by atoms with E-state index < -0.39 is 29.9 Å². The molecule has 1 amide bonds. The van der Waals surface area contributed by atoms with Crippen molar-refractivity contribution < 1.29 is 27.5 Å². The molecule has 0 bridgehead atoms. The van der Waals surface area contributed by atoms with E-state index in [1.165, 1.54) is 24.3 Å². The molecule has 2 N–H and O–H groups in total. The van der Waals surface area contributed by atoms with Crippen molar-refractivity contribution in [1.82, 2.24) is 5.32 Å². The van der Waals surface area contributed by atoms with Crippen molar-refractivity contribution in [3.8, 4) is 0 Å². The van der Waals surface area contributed by atoms with Gasteiger partial charge in [-0.1, -0.05) is 6.07 Å². The Kier molecular flexibility index (Phi) is 5.16. The van der Waals surface area contributed by atoms with Crippen LogP contribution in [-0.2, 0) is 16.8 Å². The number of alkyl halides is 3. The molecular formula is C15H16F3NO3S. The van der Waals surface area contributed by atoms with Gasteiger partial charge in [-0.2, -0.15) is 13.2 Å². The fourth-order valence-corrected chi connectivity index (χ4v) is 2.77. The molecule has 0 radical (unpaired) electrons. The summed E-state index contributed by atoms with van der Waals surface area (Å²) in [7, 11) is 0. The zero-order chi connectivity index (χ0) is 17.1. The highest BCUT2D eigenvalue weighted by molar-refractivity contribution is 7.09. The Bertz CT molecular complexity index is 651. The van der Waals surface area contributed by atoms with Gasteiger partial charge in [0.15, 0.2) is 0 Å². The topological polar surface area (TPSA) is 62.5 Å². The van der Waals surface area contributed by atoms with Gasteiger partial charge in [0.05, 0.1) is 6.42 Å². The third kappa shape index (κ3) is 4.14. The molecule has 23 heavy (non-hydrogen) atoms. The molecule has 0 aliphatic carbocycles. The molecule has 0 aromatic carbocycles. The largest absolute Gasteiger partial charge is 0.463 e. The highest BCUT2D eigenvalue weighted by atomic mass is 32.1. The van der Waals surface area contributed by atoms with Crippen molar-refractivity contribution in [3.05, 3.63) is 46.0 Å². The lowest BCUT2D eigenvalue weighted by molar-refractivity contribution is -0.273. The number of aliphatic hydroxyl groups is 1. The lowest BCUT2D eigenvalue weighted by atomic mass is 9.95. The van der Waals surface area contributed by atoms with E-state index in [1.54, 1.807) is 0 Å². The summed E-state index contributed by atoms with van der Waals surface area (Å²) >= 11 is 1.50. The monoisotopic (exact) mass is 347 g/mol. The molecule has 0 aliphatic heterocycles. The van der Waals surface area contributed by atoms with E-state index in [-0.39, 0.29) is 12.3 Å². The summed E-state index contributed by atoms with van der Waals surface area (Å²) in [6.07, 6.45) is -5.65. The van der Waals surface area contributed by atoms with Gasteiger partial charge in [-0.3, -0.25) is 4.79 Å². The van der Waals surface area contributed by atoms with Crippen LogP contribution in [-0.4, -0.2) is 23.7 Å². The molecule has 0 saturated carbocycles. The normalized spacial score (nSPS) is 14.5. The van der Waals surface area contributed by atoms with E-state index >= 15 is 0 Å². The molecule has 0 fully saturated rings. The average molecular weight is 347 g/mol. The second kappa shape index (κ2) is 6.76. The molecular weight excluding hydrogens is 331 g/mol. The number of hydrogen-bond donors (Lipinski definition) is 2. The van der Waals surface area contributed by atoms with Gasteiger partial charge in [0.1, 0.15) is 11.5 Å². The maximum Gasteiger partial charge on any atom is 0.425 e. The van der Waals surface area contributed by atoms with Gasteiger partial charge in [-0.05, 0) is 36.9 Å². The SMILES string of the molecule is Cc1ccc(C(O)(CC(=O)NCCc2cccs2)C(F)(F)F)o1. The van der Waals surface area contributed by atoms with Crippen LogP contribution in [0.5, 0.6) is 0 Å². The van der Waals surface area contributed by atoms with Crippen molar-refractivity contribution in [3.63, 3.8) is 0 Å². The van der Waals surface area contributed by atoms with Crippen LogP contribution in [0.1, 0.15) is 22.8 Å². The fourth-order valence-electron chi connectivity index (χ4n) is 2.06. The minimum Gasteiger partial charge on any atom is -0.463 e. The van der Waals surface area contributed by atoms with Crippen LogP contribution in [0.4, 0.5) is 13.2 Å². The Morgan fingerprint density at radius 2 is 2.09 bits per heavy atom. The molecule has 126 valence electrons. The smallest absolute Gasteiger partial charge is 0.425 e. The van der Waals surface area contributed by atoms with Gasteiger partial charge < -0.3 is 14.8 Å². The Morgan fingerprint density at radius 3 is 2.61 bits per heavy atom.